The largest absolute Gasteiger partial charge is 0.490 e. The van der Waals surface area contributed by atoms with E-state index >= 15 is 0 Å². The van der Waals surface area contributed by atoms with E-state index in [0.717, 1.165) is 5.56 Å². The number of rotatable bonds is 12. The molecule has 1 N–H and O–H groups in total. The number of pyridine rings is 1. The summed E-state index contributed by atoms with van der Waals surface area (Å²) in [6, 6.07) is 14.7. The predicted molar refractivity (Wildman–Crippen MR) is 142 cm³/mol. The Labute approximate surface area is 224 Å². The number of nitrogens with one attached hydrogen (secondary N) is 1. The van der Waals surface area contributed by atoms with Crippen molar-refractivity contribution in [3.05, 3.63) is 96.9 Å². The number of ether oxygens (including phenoxy) is 3. The van der Waals surface area contributed by atoms with E-state index in [0.29, 0.717) is 34.9 Å². The summed E-state index contributed by atoms with van der Waals surface area (Å²) < 4.78 is 17.7. The van der Waals surface area contributed by atoms with Gasteiger partial charge in [0, 0.05) is 30.5 Å². The number of hydrogen-bond acceptors (Lipinski definition) is 9. The molecule has 1 heterocycles. The zero-order valence-corrected chi connectivity index (χ0v) is 21.7. The number of non-ortho nitro benzene ring substituents is 1. The molecule has 0 aliphatic rings. The van der Waals surface area contributed by atoms with Crippen molar-refractivity contribution >= 4 is 17.8 Å². The number of hydrazone groups is 1. The van der Waals surface area contributed by atoms with Crippen LogP contribution >= 0.6 is 0 Å². The van der Waals surface area contributed by atoms with Crippen LogP contribution in [0.15, 0.2) is 58.4 Å². The van der Waals surface area contributed by atoms with Crippen LogP contribution in [0.4, 0.5) is 5.69 Å². The minimum absolute atomic E-state index is 0.00131. The third-order valence-electron chi connectivity index (χ3n) is 5.51. The fraction of sp³-hybridized carbons (Fsp3) is 0.259. The number of nitriles is 1. The molecular weight excluding hydrogens is 506 g/mol. The molecule has 202 valence electrons. The van der Waals surface area contributed by atoms with Crippen molar-refractivity contribution in [1.82, 2.24) is 9.99 Å². The first-order valence-corrected chi connectivity index (χ1v) is 11.8. The maximum Gasteiger partial charge on any atom is 0.269 e. The van der Waals surface area contributed by atoms with Gasteiger partial charge in [0.1, 0.15) is 24.8 Å². The lowest BCUT2D eigenvalue weighted by Gasteiger charge is -2.13. The van der Waals surface area contributed by atoms with Crippen LogP contribution < -0.4 is 20.5 Å². The quantitative estimate of drug-likeness (QED) is 0.211. The molecule has 0 atom stereocenters. The number of amides is 1. The molecule has 39 heavy (non-hydrogen) atoms. The van der Waals surface area contributed by atoms with E-state index in [1.807, 2.05) is 13.0 Å². The third-order valence-corrected chi connectivity index (χ3v) is 5.51. The maximum atomic E-state index is 12.7. The Morgan fingerprint density at radius 1 is 1.15 bits per heavy atom. The highest BCUT2D eigenvalue weighted by molar-refractivity contribution is 5.83. The number of nitro groups is 1. The Morgan fingerprint density at radius 3 is 2.54 bits per heavy atom. The highest BCUT2D eigenvalue weighted by atomic mass is 16.6. The Morgan fingerprint density at radius 2 is 1.90 bits per heavy atom. The second-order valence-corrected chi connectivity index (χ2v) is 8.27. The zero-order valence-electron chi connectivity index (χ0n) is 21.7. The van der Waals surface area contributed by atoms with Crippen molar-refractivity contribution in [2.24, 2.45) is 5.10 Å². The van der Waals surface area contributed by atoms with Gasteiger partial charge in [0.2, 0.25) is 0 Å². The molecule has 1 aromatic heterocycles. The molecule has 0 saturated heterocycles. The van der Waals surface area contributed by atoms with Crippen molar-refractivity contribution in [2.45, 2.75) is 33.6 Å². The number of hydrogen-bond donors (Lipinski definition) is 1. The standard InChI is InChI=1S/C27H27N5O7/c1-4-38-25-12-20(7-10-24(25)39-16-19-5-8-22(9-6-19)32(35)36)14-29-30-26(33)15-31-18(2)11-21(17-37-3)23(13-28)27(31)34/h5-12,14H,4,15-17H2,1-3H3,(H,30,33). The van der Waals surface area contributed by atoms with E-state index in [1.54, 1.807) is 43.3 Å². The van der Waals surface area contributed by atoms with Crippen LogP contribution in [0.1, 0.15) is 34.9 Å². The molecule has 0 radical (unpaired) electrons. The van der Waals surface area contributed by atoms with Gasteiger partial charge in [-0.05, 0) is 61.4 Å². The van der Waals surface area contributed by atoms with Gasteiger partial charge in [-0.1, -0.05) is 0 Å². The Balaban J connectivity index is 1.66. The average molecular weight is 534 g/mol. The molecule has 1 amide bonds. The van der Waals surface area contributed by atoms with Gasteiger partial charge in [-0.2, -0.15) is 10.4 Å². The number of methoxy groups -OCH3 is 1. The molecule has 0 bridgehead atoms. The number of aryl methyl sites for hydroxylation is 1. The Bertz CT molecular complexity index is 1470. The van der Waals surface area contributed by atoms with Gasteiger partial charge in [-0.15, -0.1) is 0 Å². The molecule has 0 fully saturated rings. The highest BCUT2D eigenvalue weighted by Crippen LogP contribution is 2.29. The number of benzene rings is 2. The SMILES string of the molecule is CCOc1cc(C=NNC(=O)Cn2c(C)cc(COC)c(C#N)c2=O)ccc1OCc1ccc([N+](=O)[O-])cc1. The minimum atomic E-state index is -0.575. The van der Waals surface area contributed by atoms with Crippen molar-refractivity contribution in [2.75, 3.05) is 13.7 Å². The van der Waals surface area contributed by atoms with Gasteiger partial charge < -0.3 is 18.8 Å². The molecule has 12 nitrogen and oxygen atoms in total. The highest BCUT2D eigenvalue weighted by Gasteiger charge is 2.15. The van der Waals surface area contributed by atoms with Crippen molar-refractivity contribution < 1.29 is 23.9 Å². The molecule has 3 rings (SSSR count). The number of nitrogens with zero attached hydrogens (tertiary/aromatic N) is 4. The lowest BCUT2D eigenvalue weighted by atomic mass is 10.1. The van der Waals surface area contributed by atoms with Gasteiger partial charge >= 0.3 is 0 Å². The van der Waals surface area contributed by atoms with Gasteiger partial charge in [0.25, 0.3) is 17.2 Å². The molecule has 3 aromatic rings. The van der Waals surface area contributed by atoms with Crippen molar-refractivity contribution in [3.8, 4) is 17.6 Å². The first-order valence-electron chi connectivity index (χ1n) is 11.8. The normalized spacial score (nSPS) is 10.7. The summed E-state index contributed by atoms with van der Waals surface area (Å²) >= 11 is 0. The number of carbonyl (C=O) groups is 1. The van der Waals surface area contributed by atoms with Crippen LogP contribution in [0.3, 0.4) is 0 Å². The van der Waals surface area contributed by atoms with E-state index in [4.69, 9.17) is 14.2 Å². The van der Waals surface area contributed by atoms with Crippen LogP contribution in [0.2, 0.25) is 0 Å². The first kappa shape index (κ1) is 28.5. The van der Waals surface area contributed by atoms with Gasteiger partial charge in [-0.3, -0.25) is 19.7 Å². The number of aromatic nitrogens is 1. The van der Waals surface area contributed by atoms with E-state index in [9.17, 15) is 25.0 Å². The number of nitro benzene ring substituents is 1. The number of carbonyl (C=O) groups excluding carboxylic acids is 1. The minimum Gasteiger partial charge on any atom is -0.490 e. The second kappa shape index (κ2) is 13.5. The van der Waals surface area contributed by atoms with E-state index < -0.39 is 16.4 Å². The van der Waals surface area contributed by atoms with Gasteiger partial charge in [0.15, 0.2) is 11.5 Å². The average Bonchev–Trinajstić information content (AvgIpc) is 2.91. The summed E-state index contributed by atoms with van der Waals surface area (Å²) in [5, 5.41) is 24.1. The maximum absolute atomic E-state index is 12.7. The Hall–Kier alpha value is -5.02. The lowest BCUT2D eigenvalue weighted by Crippen LogP contribution is -2.33. The van der Waals surface area contributed by atoms with Crippen LogP contribution in [-0.4, -0.2) is 35.3 Å². The van der Waals surface area contributed by atoms with Gasteiger partial charge in [-0.25, -0.2) is 5.43 Å². The summed E-state index contributed by atoms with van der Waals surface area (Å²) in [5.74, 6) is 0.376. The van der Waals surface area contributed by atoms with Crippen molar-refractivity contribution in [1.29, 1.82) is 5.26 Å². The fourth-order valence-electron chi connectivity index (χ4n) is 3.65. The van der Waals surface area contributed by atoms with E-state index in [2.05, 4.69) is 10.5 Å². The van der Waals surface area contributed by atoms with E-state index in [1.165, 1.54) is 30.0 Å². The van der Waals surface area contributed by atoms with Crippen LogP contribution in [0, 0.1) is 28.4 Å². The van der Waals surface area contributed by atoms with E-state index in [-0.39, 0.29) is 31.0 Å². The summed E-state index contributed by atoms with van der Waals surface area (Å²) in [4.78, 5) is 35.5. The summed E-state index contributed by atoms with van der Waals surface area (Å²) in [7, 11) is 1.47. The Kier molecular flexibility index (Phi) is 9.88. The van der Waals surface area contributed by atoms with Crippen LogP contribution in [0.5, 0.6) is 11.5 Å². The van der Waals surface area contributed by atoms with Crippen molar-refractivity contribution in [3.63, 3.8) is 0 Å². The third kappa shape index (κ3) is 7.50. The molecule has 0 spiro atoms. The summed E-state index contributed by atoms with van der Waals surface area (Å²) in [6.45, 7) is 3.85. The molecule has 0 saturated carbocycles. The predicted octanol–water partition coefficient (Wildman–Crippen LogP) is 3.21. The van der Waals surface area contributed by atoms with Crippen LogP contribution in [-0.2, 0) is 29.3 Å². The second-order valence-electron chi connectivity index (χ2n) is 8.27. The summed E-state index contributed by atoms with van der Waals surface area (Å²) in [6.07, 6.45) is 1.42. The molecule has 0 unspecified atom stereocenters. The first-order chi connectivity index (χ1) is 18.8. The molecule has 0 aliphatic carbocycles. The lowest BCUT2D eigenvalue weighted by molar-refractivity contribution is -0.384. The van der Waals surface area contributed by atoms with Gasteiger partial charge in [0.05, 0.1) is 24.4 Å². The molecule has 0 aliphatic heterocycles. The monoisotopic (exact) mass is 533 g/mol. The fourth-order valence-corrected chi connectivity index (χ4v) is 3.65. The topological polar surface area (TPSA) is 158 Å². The zero-order chi connectivity index (χ0) is 28.4. The molecule has 2 aromatic carbocycles. The molecular formula is C27H27N5O7. The molecule has 12 heteroatoms. The van der Waals surface area contributed by atoms with Crippen LogP contribution in [0.25, 0.3) is 0 Å². The smallest absolute Gasteiger partial charge is 0.269 e. The summed E-state index contributed by atoms with van der Waals surface area (Å²) in [5.41, 5.74) is 4.07.